The second-order valence-corrected chi connectivity index (χ2v) is 7.73. The second-order valence-electron chi connectivity index (χ2n) is 6.69. The van der Waals surface area contributed by atoms with Crippen LogP contribution < -0.4 is 9.47 Å². The van der Waals surface area contributed by atoms with E-state index < -0.39 is 5.91 Å². The summed E-state index contributed by atoms with van der Waals surface area (Å²) < 4.78 is 24.3. The summed E-state index contributed by atoms with van der Waals surface area (Å²) in [6.45, 7) is 2.21. The zero-order valence-corrected chi connectivity index (χ0v) is 17.7. The fourth-order valence-electron chi connectivity index (χ4n) is 2.98. The number of amides is 1. The molecule has 0 fully saturated rings. The first-order valence-corrected chi connectivity index (χ1v) is 10.3. The van der Waals surface area contributed by atoms with Crippen LogP contribution in [0.5, 0.6) is 11.5 Å². The minimum absolute atomic E-state index is 0.0125. The van der Waals surface area contributed by atoms with Gasteiger partial charge >= 0.3 is 0 Å². The Morgan fingerprint density at radius 1 is 1.19 bits per heavy atom. The van der Waals surface area contributed by atoms with Gasteiger partial charge < -0.3 is 9.47 Å². The van der Waals surface area contributed by atoms with E-state index in [1.807, 2.05) is 6.92 Å². The lowest BCUT2D eigenvalue weighted by Crippen LogP contribution is -2.35. The molecular formula is C22H19FN4O3S. The molecule has 0 aliphatic carbocycles. The second kappa shape index (κ2) is 8.73. The molecule has 31 heavy (non-hydrogen) atoms. The van der Waals surface area contributed by atoms with E-state index in [9.17, 15) is 9.18 Å². The van der Waals surface area contributed by atoms with Gasteiger partial charge in [0, 0.05) is 0 Å². The molecule has 0 bridgehead atoms. The number of nitrogens with one attached hydrogen (secondary N) is 1. The molecule has 7 nitrogen and oxygen atoms in total. The Hall–Kier alpha value is -3.46. The van der Waals surface area contributed by atoms with E-state index in [0.29, 0.717) is 28.7 Å². The summed E-state index contributed by atoms with van der Waals surface area (Å²) in [6.07, 6.45) is 2.29. The van der Waals surface area contributed by atoms with Gasteiger partial charge in [-0.2, -0.15) is 15.1 Å². The summed E-state index contributed by atoms with van der Waals surface area (Å²) in [5, 5.41) is 15.3. The number of carbonyl (C=O) groups excluding carboxylic acids is 1. The molecule has 0 aromatic heterocycles. The van der Waals surface area contributed by atoms with Crippen LogP contribution in [0.2, 0.25) is 0 Å². The van der Waals surface area contributed by atoms with Gasteiger partial charge in [0.15, 0.2) is 17.3 Å². The zero-order valence-electron chi connectivity index (χ0n) is 16.9. The summed E-state index contributed by atoms with van der Waals surface area (Å²) in [5.41, 5.74) is 1.62. The molecule has 2 aliphatic rings. The number of fused-ring (bicyclic) bond motifs is 1. The van der Waals surface area contributed by atoms with Gasteiger partial charge in [0.05, 0.1) is 12.7 Å². The summed E-state index contributed by atoms with van der Waals surface area (Å²) in [6, 6.07) is 11.3. The number of hydrogen-bond acceptors (Lipinski definition) is 6. The number of amidine groups is 2. The van der Waals surface area contributed by atoms with E-state index in [-0.39, 0.29) is 23.8 Å². The van der Waals surface area contributed by atoms with Crippen molar-refractivity contribution in [2.45, 2.75) is 20.0 Å². The average Bonchev–Trinajstić information content (AvgIpc) is 3.20. The first-order valence-electron chi connectivity index (χ1n) is 9.53. The number of rotatable bonds is 6. The lowest BCUT2D eigenvalue weighted by Gasteiger charge is -2.20. The molecule has 2 heterocycles. The maximum Gasteiger partial charge on any atom is 0.283 e. The predicted molar refractivity (Wildman–Crippen MR) is 119 cm³/mol. The molecule has 9 heteroatoms. The predicted octanol–water partition coefficient (Wildman–Crippen LogP) is 4.44. The highest BCUT2D eigenvalue weighted by molar-refractivity contribution is 8.26. The highest BCUT2D eigenvalue weighted by Gasteiger charge is 2.35. The van der Waals surface area contributed by atoms with Gasteiger partial charge in [-0.05, 0) is 59.7 Å². The number of benzene rings is 2. The quantitative estimate of drug-likeness (QED) is 0.674. The van der Waals surface area contributed by atoms with Crippen LogP contribution in [0.1, 0.15) is 24.5 Å². The fraction of sp³-hybridized carbons (Fsp3) is 0.182. The Kier molecular flexibility index (Phi) is 5.85. The Balaban J connectivity index is 1.55. The number of nitrogens with zero attached hydrogens (tertiary/aromatic N) is 3. The largest absolute Gasteiger partial charge is 0.493 e. The lowest BCUT2D eigenvalue weighted by molar-refractivity contribution is -0.114. The van der Waals surface area contributed by atoms with Crippen LogP contribution in [0, 0.1) is 11.2 Å². The number of carbonyl (C=O) groups is 1. The highest BCUT2D eigenvalue weighted by atomic mass is 32.2. The normalized spacial score (nSPS) is 16.9. The van der Waals surface area contributed by atoms with Crippen molar-refractivity contribution in [1.82, 2.24) is 5.01 Å². The minimum Gasteiger partial charge on any atom is -0.493 e. The fourth-order valence-corrected chi connectivity index (χ4v) is 3.80. The molecule has 1 N–H and O–H groups in total. The van der Waals surface area contributed by atoms with Crippen molar-refractivity contribution in [3.63, 3.8) is 0 Å². The standard InChI is InChI=1S/C22H19FN4O3S/c1-3-19-26-27-20(24)16(21(28)25-22(27)31-19)10-14-6-9-17(18(11-14)29-2)30-12-13-4-7-15(23)8-5-13/h4-11,24H,3,12H2,1-2H3/b16-10-,24-20?. The van der Waals surface area contributed by atoms with Crippen molar-refractivity contribution >= 4 is 39.8 Å². The van der Waals surface area contributed by atoms with Crippen LogP contribution in [0.15, 0.2) is 58.1 Å². The first kappa shape index (κ1) is 20.8. The van der Waals surface area contributed by atoms with Gasteiger partial charge in [0.25, 0.3) is 5.91 Å². The van der Waals surface area contributed by atoms with Gasteiger partial charge in [0.2, 0.25) is 5.17 Å². The van der Waals surface area contributed by atoms with Crippen LogP contribution in [0.3, 0.4) is 0 Å². The van der Waals surface area contributed by atoms with Crippen molar-refractivity contribution in [2.24, 2.45) is 10.1 Å². The summed E-state index contributed by atoms with van der Waals surface area (Å²) in [7, 11) is 1.52. The Labute approximate surface area is 182 Å². The Morgan fingerprint density at radius 2 is 1.97 bits per heavy atom. The third-order valence-electron chi connectivity index (χ3n) is 4.61. The number of hydrazone groups is 1. The van der Waals surface area contributed by atoms with Gasteiger partial charge in [0.1, 0.15) is 17.5 Å². The number of halogens is 1. The molecule has 158 valence electrons. The van der Waals surface area contributed by atoms with Crippen LogP contribution in [-0.2, 0) is 11.4 Å². The van der Waals surface area contributed by atoms with E-state index >= 15 is 0 Å². The van der Waals surface area contributed by atoms with Crippen molar-refractivity contribution < 1.29 is 18.7 Å². The van der Waals surface area contributed by atoms with Crippen LogP contribution in [-0.4, -0.2) is 34.1 Å². The molecule has 1 amide bonds. The van der Waals surface area contributed by atoms with Gasteiger partial charge in [-0.3, -0.25) is 10.2 Å². The van der Waals surface area contributed by atoms with Gasteiger partial charge in [-0.25, -0.2) is 4.39 Å². The van der Waals surface area contributed by atoms with Crippen LogP contribution in [0.25, 0.3) is 6.08 Å². The zero-order chi connectivity index (χ0) is 22.0. The van der Waals surface area contributed by atoms with Crippen molar-refractivity contribution in [2.75, 3.05) is 7.11 Å². The third-order valence-corrected chi connectivity index (χ3v) is 5.66. The molecule has 2 aliphatic heterocycles. The number of methoxy groups -OCH3 is 1. The number of ether oxygens (including phenoxy) is 2. The molecular weight excluding hydrogens is 419 g/mol. The molecule has 0 spiro atoms. The molecule has 0 radical (unpaired) electrons. The number of thioether (sulfide) groups is 1. The van der Waals surface area contributed by atoms with E-state index in [1.54, 1.807) is 36.4 Å². The minimum atomic E-state index is -0.480. The van der Waals surface area contributed by atoms with E-state index in [4.69, 9.17) is 14.9 Å². The lowest BCUT2D eigenvalue weighted by atomic mass is 10.1. The maximum atomic E-state index is 13.0. The monoisotopic (exact) mass is 438 g/mol. The third kappa shape index (κ3) is 4.36. The average molecular weight is 438 g/mol. The van der Waals surface area contributed by atoms with Gasteiger partial charge in [-0.15, -0.1) is 0 Å². The molecule has 0 saturated heterocycles. The molecule has 2 aromatic carbocycles. The summed E-state index contributed by atoms with van der Waals surface area (Å²) in [4.78, 5) is 16.5. The van der Waals surface area contributed by atoms with Crippen molar-refractivity contribution in [3.8, 4) is 11.5 Å². The van der Waals surface area contributed by atoms with E-state index in [0.717, 1.165) is 10.6 Å². The molecule has 2 aromatic rings. The molecule has 0 atom stereocenters. The summed E-state index contributed by atoms with van der Waals surface area (Å²) in [5.74, 6) is 0.182. The summed E-state index contributed by atoms with van der Waals surface area (Å²) >= 11 is 1.30. The van der Waals surface area contributed by atoms with Gasteiger partial charge in [-0.1, -0.05) is 25.1 Å². The topological polar surface area (TPSA) is 87.3 Å². The molecule has 0 unspecified atom stereocenters. The van der Waals surface area contributed by atoms with Crippen molar-refractivity contribution in [3.05, 3.63) is 65.0 Å². The maximum absolute atomic E-state index is 13.0. The smallest absolute Gasteiger partial charge is 0.283 e. The first-order chi connectivity index (χ1) is 15.0. The Morgan fingerprint density at radius 3 is 2.68 bits per heavy atom. The number of aliphatic imine (C=N–C) groups is 1. The van der Waals surface area contributed by atoms with E-state index in [1.165, 1.54) is 36.0 Å². The highest BCUT2D eigenvalue weighted by Crippen LogP contribution is 2.32. The Bertz CT molecular complexity index is 1140. The SMILES string of the molecule is CCC1=NN2C(=N)/C(=C/c3ccc(OCc4ccc(F)cc4)c(OC)c3)C(=O)N=C2S1. The van der Waals surface area contributed by atoms with Crippen molar-refractivity contribution in [1.29, 1.82) is 5.41 Å². The van der Waals surface area contributed by atoms with Crippen LogP contribution >= 0.6 is 11.8 Å². The van der Waals surface area contributed by atoms with Crippen LogP contribution in [0.4, 0.5) is 4.39 Å². The number of hydrogen-bond donors (Lipinski definition) is 1. The molecule has 4 rings (SSSR count). The molecule has 0 saturated carbocycles. The van der Waals surface area contributed by atoms with E-state index in [2.05, 4.69) is 10.1 Å².